The average Bonchev–Trinajstić information content (AvgIpc) is 3.13. The topological polar surface area (TPSA) is 72.0 Å². The number of amides is 2. The quantitative estimate of drug-likeness (QED) is 0.767. The van der Waals surface area contributed by atoms with Crippen molar-refractivity contribution < 1.29 is 19.1 Å². The summed E-state index contributed by atoms with van der Waals surface area (Å²) in [7, 11) is 0. The van der Waals surface area contributed by atoms with Gasteiger partial charge in [-0.3, -0.25) is 9.59 Å². The van der Waals surface area contributed by atoms with Crippen molar-refractivity contribution in [1.29, 1.82) is 0 Å². The van der Waals surface area contributed by atoms with E-state index in [0.29, 0.717) is 37.7 Å². The molecule has 0 unspecified atom stereocenters. The molecule has 29 heavy (non-hydrogen) atoms. The van der Waals surface area contributed by atoms with E-state index in [1.807, 2.05) is 30.0 Å². The standard InChI is InChI=1S/C21H25N3O4S/c1-3-6-15-19(29-14(2)22-15)21(26)24-11-9-23(10-12-24)20(25)18-13-27-16-7-4-5-8-17(16)28-18/h4-5,7-8,18H,3,6,9-13H2,1-2H3/t18-/m0/s1. The number of piperazine rings is 1. The number of ether oxygens (including phenoxy) is 2. The smallest absolute Gasteiger partial charge is 0.267 e. The number of aromatic nitrogens is 1. The highest BCUT2D eigenvalue weighted by atomic mass is 32.1. The van der Waals surface area contributed by atoms with Crippen LogP contribution in [-0.2, 0) is 11.2 Å². The molecule has 154 valence electrons. The predicted octanol–water partition coefficient (Wildman–Crippen LogP) is 2.53. The molecule has 7 nitrogen and oxygen atoms in total. The molecule has 2 aliphatic rings. The van der Waals surface area contributed by atoms with Crippen molar-refractivity contribution in [3.05, 3.63) is 39.8 Å². The van der Waals surface area contributed by atoms with E-state index in [-0.39, 0.29) is 18.4 Å². The lowest BCUT2D eigenvalue weighted by Gasteiger charge is -2.37. The SMILES string of the molecule is CCCc1nc(C)sc1C(=O)N1CCN(C(=O)[C@@H]2COc3ccccc3O2)CC1. The fourth-order valence-corrected chi connectivity index (χ4v) is 4.60. The van der Waals surface area contributed by atoms with Crippen LogP contribution in [0.15, 0.2) is 24.3 Å². The summed E-state index contributed by atoms with van der Waals surface area (Å²) in [4.78, 5) is 34.7. The Kier molecular flexibility index (Phi) is 5.71. The van der Waals surface area contributed by atoms with Crippen LogP contribution in [0.4, 0.5) is 0 Å². The number of hydrogen-bond acceptors (Lipinski definition) is 6. The largest absolute Gasteiger partial charge is 0.485 e. The number of nitrogens with zero attached hydrogens (tertiary/aromatic N) is 3. The zero-order valence-electron chi connectivity index (χ0n) is 16.7. The fourth-order valence-electron chi connectivity index (χ4n) is 3.66. The van der Waals surface area contributed by atoms with Crippen LogP contribution in [0.25, 0.3) is 0 Å². The molecular formula is C21H25N3O4S. The van der Waals surface area contributed by atoms with Crippen molar-refractivity contribution in [3.63, 3.8) is 0 Å². The maximum Gasteiger partial charge on any atom is 0.267 e. The van der Waals surface area contributed by atoms with Crippen molar-refractivity contribution >= 4 is 23.2 Å². The molecule has 0 aliphatic carbocycles. The number of benzene rings is 1. The van der Waals surface area contributed by atoms with E-state index in [2.05, 4.69) is 11.9 Å². The van der Waals surface area contributed by atoms with Gasteiger partial charge in [-0.25, -0.2) is 4.98 Å². The highest BCUT2D eigenvalue weighted by Crippen LogP contribution is 2.31. The molecule has 1 aromatic heterocycles. The molecule has 4 rings (SSSR count). The van der Waals surface area contributed by atoms with Gasteiger partial charge >= 0.3 is 0 Å². The maximum absolute atomic E-state index is 13.0. The van der Waals surface area contributed by atoms with Crippen LogP contribution < -0.4 is 9.47 Å². The maximum atomic E-state index is 13.0. The summed E-state index contributed by atoms with van der Waals surface area (Å²) in [6, 6.07) is 7.36. The molecule has 1 aromatic carbocycles. The van der Waals surface area contributed by atoms with Crippen molar-refractivity contribution in [2.24, 2.45) is 0 Å². The molecule has 2 aromatic rings. The molecule has 1 atom stereocenters. The van der Waals surface area contributed by atoms with Crippen molar-refractivity contribution in [3.8, 4) is 11.5 Å². The molecule has 0 bridgehead atoms. The summed E-state index contributed by atoms with van der Waals surface area (Å²) in [6.07, 6.45) is 1.12. The third-order valence-corrected chi connectivity index (χ3v) is 6.15. The molecular weight excluding hydrogens is 390 g/mol. The zero-order chi connectivity index (χ0) is 20.4. The molecule has 0 radical (unpaired) electrons. The number of thiazole rings is 1. The van der Waals surface area contributed by atoms with E-state index in [1.54, 1.807) is 11.0 Å². The van der Waals surface area contributed by atoms with Crippen molar-refractivity contribution in [2.45, 2.75) is 32.8 Å². The molecule has 1 fully saturated rings. The Morgan fingerprint density at radius 3 is 2.55 bits per heavy atom. The second kappa shape index (κ2) is 8.41. The van der Waals surface area contributed by atoms with Gasteiger partial charge in [-0.2, -0.15) is 0 Å². The van der Waals surface area contributed by atoms with E-state index in [1.165, 1.54) is 11.3 Å². The van der Waals surface area contributed by atoms with Gasteiger partial charge in [-0.1, -0.05) is 25.5 Å². The fraction of sp³-hybridized carbons (Fsp3) is 0.476. The van der Waals surface area contributed by atoms with Crippen LogP contribution in [0.5, 0.6) is 11.5 Å². The minimum absolute atomic E-state index is 0.0253. The van der Waals surface area contributed by atoms with Crippen LogP contribution in [0, 0.1) is 6.92 Å². The molecule has 2 aliphatic heterocycles. The highest BCUT2D eigenvalue weighted by Gasteiger charge is 2.34. The number of fused-ring (bicyclic) bond motifs is 1. The van der Waals surface area contributed by atoms with Gasteiger partial charge in [0.1, 0.15) is 11.5 Å². The average molecular weight is 416 g/mol. The summed E-state index contributed by atoms with van der Waals surface area (Å²) < 4.78 is 11.5. The van der Waals surface area contributed by atoms with E-state index < -0.39 is 6.10 Å². The van der Waals surface area contributed by atoms with Crippen LogP contribution in [0.3, 0.4) is 0 Å². The lowest BCUT2D eigenvalue weighted by Crippen LogP contribution is -2.55. The Hall–Kier alpha value is -2.61. The Morgan fingerprint density at radius 2 is 1.83 bits per heavy atom. The summed E-state index contributed by atoms with van der Waals surface area (Å²) in [6.45, 7) is 6.23. The Bertz CT molecular complexity index is 905. The molecule has 8 heteroatoms. The first-order valence-electron chi connectivity index (χ1n) is 9.99. The lowest BCUT2D eigenvalue weighted by molar-refractivity contribution is -0.142. The second-order valence-corrected chi connectivity index (χ2v) is 8.44. The number of aryl methyl sites for hydroxylation is 2. The summed E-state index contributed by atoms with van der Waals surface area (Å²) in [5, 5.41) is 0.917. The van der Waals surface area contributed by atoms with Gasteiger partial charge in [0.05, 0.1) is 10.7 Å². The number of carbonyl (C=O) groups is 2. The predicted molar refractivity (Wildman–Crippen MR) is 110 cm³/mol. The summed E-state index contributed by atoms with van der Waals surface area (Å²) >= 11 is 1.46. The monoisotopic (exact) mass is 415 g/mol. The first-order chi connectivity index (χ1) is 14.1. The molecule has 1 saturated heterocycles. The molecule has 2 amide bonds. The Balaban J connectivity index is 1.36. The first kappa shape index (κ1) is 19.7. The van der Waals surface area contributed by atoms with E-state index in [0.717, 1.165) is 28.4 Å². The van der Waals surface area contributed by atoms with Crippen LogP contribution in [-0.4, -0.2) is 65.5 Å². The van der Waals surface area contributed by atoms with Crippen LogP contribution >= 0.6 is 11.3 Å². The normalized spacial score (nSPS) is 18.6. The van der Waals surface area contributed by atoms with Crippen molar-refractivity contribution in [1.82, 2.24) is 14.8 Å². The zero-order valence-corrected chi connectivity index (χ0v) is 17.5. The highest BCUT2D eigenvalue weighted by molar-refractivity contribution is 7.13. The minimum atomic E-state index is -0.646. The minimum Gasteiger partial charge on any atom is -0.485 e. The van der Waals surface area contributed by atoms with Gasteiger partial charge in [-0.15, -0.1) is 11.3 Å². The van der Waals surface area contributed by atoms with Gasteiger partial charge in [0.2, 0.25) is 6.10 Å². The van der Waals surface area contributed by atoms with Gasteiger partial charge in [0.25, 0.3) is 11.8 Å². The molecule has 0 N–H and O–H groups in total. The van der Waals surface area contributed by atoms with E-state index >= 15 is 0 Å². The van der Waals surface area contributed by atoms with E-state index in [9.17, 15) is 9.59 Å². The van der Waals surface area contributed by atoms with Crippen molar-refractivity contribution in [2.75, 3.05) is 32.8 Å². The molecule has 0 saturated carbocycles. The number of hydrogen-bond donors (Lipinski definition) is 0. The summed E-state index contributed by atoms with van der Waals surface area (Å²) in [5.74, 6) is 1.19. The molecule has 3 heterocycles. The van der Waals surface area contributed by atoms with E-state index in [4.69, 9.17) is 9.47 Å². The van der Waals surface area contributed by atoms with Gasteiger partial charge in [0, 0.05) is 26.2 Å². The Labute approximate surface area is 174 Å². The second-order valence-electron chi connectivity index (χ2n) is 7.24. The third-order valence-electron chi connectivity index (χ3n) is 5.15. The number of carbonyl (C=O) groups excluding carboxylic acids is 2. The number of para-hydroxylation sites is 2. The number of rotatable bonds is 4. The van der Waals surface area contributed by atoms with Gasteiger partial charge in [0.15, 0.2) is 11.5 Å². The van der Waals surface area contributed by atoms with Crippen LogP contribution in [0.1, 0.15) is 33.7 Å². The van der Waals surface area contributed by atoms with Crippen LogP contribution in [0.2, 0.25) is 0 Å². The molecule has 0 spiro atoms. The first-order valence-corrected chi connectivity index (χ1v) is 10.8. The third kappa shape index (κ3) is 4.07. The lowest BCUT2D eigenvalue weighted by atomic mass is 10.2. The Morgan fingerprint density at radius 1 is 1.14 bits per heavy atom. The van der Waals surface area contributed by atoms with Gasteiger partial charge < -0.3 is 19.3 Å². The summed E-state index contributed by atoms with van der Waals surface area (Å²) in [5.41, 5.74) is 0.893. The van der Waals surface area contributed by atoms with Gasteiger partial charge in [-0.05, 0) is 25.5 Å².